The molecule has 2 aliphatic heterocycles. The lowest BCUT2D eigenvalue weighted by Gasteiger charge is -2.33. The number of nitrogens with zero attached hydrogens (tertiary/aromatic N) is 2. The molecule has 2 amide bonds. The number of hydrogen-bond donors (Lipinski definition) is 1. The molecule has 2 aromatic rings. The number of piperazine rings is 1. The number of carbonyl (C=O) groups is 2. The van der Waals surface area contributed by atoms with Crippen LogP contribution in [-0.4, -0.2) is 56.8 Å². The summed E-state index contributed by atoms with van der Waals surface area (Å²) in [5.74, 6) is -0.484. The molecule has 2 aliphatic rings. The van der Waals surface area contributed by atoms with Gasteiger partial charge in [-0.25, -0.2) is 13.3 Å². The highest BCUT2D eigenvalue weighted by atomic mass is 35.5. The predicted molar refractivity (Wildman–Crippen MR) is 118 cm³/mol. The van der Waals surface area contributed by atoms with Crippen LogP contribution in [0.4, 0.5) is 5.69 Å². The fraction of sp³-hybridized carbons (Fsp3) is 0.364. The molecule has 0 radical (unpaired) electrons. The fourth-order valence-electron chi connectivity index (χ4n) is 4.20. The van der Waals surface area contributed by atoms with Crippen LogP contribution in [0.2, 0.25) is 5.02 Å². The molecule has 0 bridgehead atoms. The van der Waals surface area contributed by atoms with Crippen LogP contribution in [0.5, 0.6) is 0 Å². The topological polar surface area (TPSA) is 79.2 Å². The molecule has 31 heavy (non-hydrogen) atoms. The minimum atomic E-state index is -3.59. The fourth-order valence-corrected chi connectivity index (χ4v) is 5.85. The van der Waals surface area contributed by atoms with E-state index < -0.39 is 16.1 Å². The highest BCUT2D eigenvalue weighted by Gasteiger charge is 2.47. The van der Waals surface area contributed by atoms with Crippen LogP contribution in [0.1, 0.15) is 17.5 Å². The van der Waals surface area contributed by atoms with Gasteiger partial charge < -0.3 is 4.90 Å². The molecule has 4 rings (SSSR count). The van der Waals surface area contributed by atoms with Gasteiger partial charge in [-0.3, -0.25) is 9.59 Å². The first-order valence-corrected chi connectivity index (χ1v) is 12.0. The smallest absolute Gasteiger partial charge is 0.292 e. The SMILES string of the molecule is Cc1ccc(S(=O)(=O)N2CC[NH+]([C@H]3CC(=O)N(c4ccc(Cl)cc4)C3=O)CC2)cc1C. The van der Waals surface area contributed by atoms with Crippen molar-refractivity contribution in [2.45, 2.75) is 31.2 Å². The van der Waals surface area contributed by atoms with Crippen molar-refractivity contribution in [2.24, 2.45) is 0 Å². The van der Waals surface area contributed by atoms with Gasteiger partial charge in [0.25, 0.3) is 5.91 Å². The second kappa shape index (κ2) is 8.35. The van der Waals surface area contributed by atoms with E-state index in [2.05, 4.69) is 0 Å². The van der Waals surface area contributed by atoms with E-state index in [0.29, 0.717) is 41.8 Å². The van der Waals surface area contributed by atoms with Gasteiger partial charge in [-0.2, -0.15) is 4.31 Å². The third-order valence-corrected chi connectivity index (χ3v) is 8.35. The minimum Gasteiger partial charge on any atom is -0.322 e. The molecule has 0 saturated carbocycles. The Morgan fingerprint density at radius 2 is 1.61 bits per heavy atom. The molecule has 9 heteroatoms. The zero-order valence-corrected chi connectivity index (χ0v) is 19.0. The first-order valence-electron chi connectivity index (χ1n) is 10.2. The lowest BCUT2D eigenvalue weighted by molar-refractivity contribution is -0.918. The number of nitrogens with one attached hydrogen (secondary N) is 1. The highest BCUT2D eigenvalue weighted by molar-refractivity contribution is 7.89. The number of quaternary nitrogens is 1. The number of benzene rings is 2. The van der Waals surface area contributed by atoms with Crippen molar-refractivity contribution >= 4 is 39.1 Å². The minimum absolute atomic E-state index is 0.126. The van der Waals surface area contributed by atoms with Crippen LogP contribution in [-0.2, 0) is 19.6 Å². The first kappa shape index (κ1) is 22.0. The Kier molecular flexibility index (Phi) is 5.91. The van der Waals surface area contributed by atoms with Crippen molar-refractivity contribution in [1.82, 2.24) is 4.31 Å². The Balaban J connectivity index is 1.45. The summed E-state index contributed by atoms with van der Waals surface area (Å²) in [6.07, 6.45) is 0.126. The van der Waals surface area contributed by atoms with Gasteiger partial charge in [-0.05, 0) is 61.4 Å². The molecule has 0 aliphatic carbocycles. The Bertz CT molecular complexity index is 1130. The van der Waals surface area contributed by atoms with Gasteiger partial charge >= 0.3 is 0 Å². The Hall–Kier alpha value is -2.26. The average Bonchev–Trinajstić information content (AvgIpc) is 3.05. The van der Waals surface area contributed by atoms with Crippen molar-refractivity contribution in [1.29, 1.82) is 0 Å². The lowest BCUT2D eigenvalue weighted by atomic mass is 10.1. The summed E-state index contributed by atoms with van der Waals surface area (Å²) in [5, 5.41) is 0.533. The van der Waals surface area contributed by atoms with E-state index >= 15 is 0 Å². The number of rotatable bonds is 4. The third kappa shape index (κ3) is 4.13. The normalized spacial score (nSPS) is 21.1. The monoisotopic (exact) mass is 462 g/mol. The van der Waals surface area contributed by atoms with E-state index in [1.54, 1.807) is 36.4 Å². The van der Waals surface area contributed by atoms with Crippen molar-refractivity contribution in [3.8, 4) is 0 Å². The summed E-state index contributed by atoms with van der Waals surface area (Å²) in [4.78, 5) is 28.0. The molecule has 0 spiro atoms. The lowest BCUT2D eigenvalue weighted by Crippen LogP contribution is -3.19. The Morgan fingerprint density at radius 3 is 2.23 bits per heavy atom. The average molecular weight is 463 g/mol. The van der Waals surface area contributed by atoms with Crippen LogP contribution in [0.3, 0.4) is 0 Å². The Labute approximate surface area is 187 Å². The molecule has 1 N–H and O–H groups in total. The van der Waals surface area contributed by atoms with Crippen LogP contribution in [0.15, 0.2) is 47.4 Å². The molecular formula is C22H25ClN3O4S+. The van der Waals surface area contributed by atoms with Gasteiger partial charge in [0.15, 0.2) is 6.04 Å². The number of hydrogen-bond acceptors (Lipinski definition) is 4. The summed E-state index contributed by atoms with van der Waals surface area (Å²) in [6.45, 7) is 5.41. The number of aryl methyl sites for hydroxylation is 2. The largest absolute Gasteiger partial charge is 0.322 e. The molecule has 7 nitrogen and oxygen atoms in total. The summed E-state index contributed by atoms with van der Waals surface area (Å²) in [5.41, 5.74) is 2.49. The molecule has 164 valence electrons. The van der Waals surface area contributed by atoms with Gasteiger partial charge in [0.1, 0.15) is 0 Å². The molecule has 1 atom stereocenters. The van der Waals surface area contributed by atoms with Gasteiger partial charge in [0, 0.05) is 5.02 Å². The predicted octanol–water partition coefficient (Wildman–Crippen LogP) is 1.18. The number of halogens is 1. The quantitative estimate of drug-likeness (QED) is 0.692. The van der Waals surface area contributed by atoms with Crippen LogP contribution < -0.4 is 9.80 Å². The van der Waals surface area contributed by atoms with Crippen LogP contribution >= 0.6 is 11.6 Å². The molecule has 0 unspecified atom stereocenters. The van der Waals surface area contributed by atoms with Crippen LogP contribution in [0.25, 0.3) is 0 Å². The third-order valence-electron chi connectivity index (χ3n) is 6.21. The number of imide groups is 1. The summed E-state index contributed by atoms with van der Waals surface area (Å²) >= 11 is 5.91. The van der Waals surface area contributed by atoms with Crippen molar-refractivity contribution in [3.63, 3.8) is 0 Å². The van der Waals surface area contributed by atoms with Gasteiger partial charge in [0.05, 0.1) is 43.2 Å². The second-order valence-corrected chi connectivity index (χ2v) is 10.5. The van der Waals surface area contributed by atoms with Crippen molar-refractivity contribution < 1.29 is 22.9 Å². The summed E-state index contributed by atoms with van der Waals surface area (Å²) in [7, 11) is -3.59. The zero-order valence-electron chi connectivity index (χ0n) is 17.5. The van der Waals surface area contributed by atoms with Gasteiger partial charge in [-0.15, -0.1) is 0 Å². The van der Waals surface area contributed by atoms with E-state index in [9.17, 15) is 18.0 Å². The van der Waals surface area contributed by atoms with E-state index in [-0.39, 0.29) is 18.2 Å². The molecule has 2 saturated heterocycles. The van der Waals surface area contributed by atoms with Gasteiger partial charge in [0.2, 0.25) is 15.9 Å². The molecule has 2 heterocycles. The summed E-state index contributed by atoms with van der Waals surface area (Å²) < 4.78 is 27.5. The van der Waals surface area contributed by atoms with E-state index in [1.165, 1.54) is 9.21 Å². The first-order chi connectivity index (χ1) is 14.7. The molecule has 0 aromatic heterocycles. The van der Waals surface area contributed by atoms with E-state index in [1.807, 2.05) is 19.9 Å². The summed E-state index contributed by atoms with van der Waals surface area (Å²) in [6, 6.07) is 11.3. The van der Waals surface area contributed by atoms with Crippen molar-refractivity contribution in [2.75, 3.05) is 31.1 Å². The molecule has 2 aromatic carbocycles. The van der Waals surface area contributed by atoms with E-state index in [4.69, 9.17) is 11.6 Å². The Morgan fingerprint density at radius 1 is 0.968 bits per heavy atom. The number of carbonyl (C=O) groups excluding carboxylic acids is 2. The maximum atomic E-state index is 13.0. The maximum Gasteiger partial charge on any atom is 0.292 e. The molecule has 2 fully saturated rings. The highest BCUT2D eigenvalue weighted by Crippen LogP contribution is 2.24. The number of sulfonamides is 1. The van der Waals surface area contributed by atoms with E-state index in [0.717, 1.165) is 16.0 Å². The zero-order chi connectivity index (χ0) is 22.3. The van der Waals surface area contributed by atoms with Crippen LogP contribution in [0, 0.1) is 13.8 Å². The standard InChI is InChI=1S/C22H24ClN3O4S/c1-15-3-8-19(13-16(15)2)31(29,30)25-11-9-24(10-12-25)20-14-21(27)26(22(20)28)18-6-4-17(23)5-7-18/h3-8,13,20H,9-12,14H2,1-2H3/p+1/t20-/m0/s1. The van der Waals surface area contributed by atoms with Gasteiger partial charge in [-0.1, -0.05) is 17.7 Å². The second-order valence-electron chi connectivity index (χ2n) is 8.11. The van der Waals surface area contributed by atoms with Crippen molar-refractivity contribution in [3.05, 3.63) is 58.6 Å². The maximum absolute atomic E-state index is 13.0. The molecular weight excluding hydrogens is 438 g/mol. The number of amides is 2. The number of anilines is 1.